The van der Waals surface area contributed by atoms with Crippen LogP contribution in [0.3, 0.4) is 0 Å². The van der Waals surface area contributed by atoms with Gasteiger partial charge < -0.3 is 0 Å². The van der Waals surface area contributed by atoms with Crippen molar-refractivity contribution < 1.29 is 0 Å². The normalized spacial score (nSPS) is 33.0. The number of rotatable bonds is 3. The summed E-state index contributed by atoms with van der Waals surface area (Å²) in [6.45, 7) is 14.3. The van der Waals surface area contributed by atoms with E-state index >= 15 is 0 Å². The summed E-state index contributed by atoms with van der Waals surface area (Å²) < 4.78 is 0. The summed E-state index contributed by atoms with van der Waals surface area (Å²) in [6, 6.07) is 0. The Hall–Kier alpha value is 0. The first kappa shape index (κ1) is 10.1. The smallest absolute Gasteiger partial charge is 0.0215 e. The van der Waals surface area contributed by atoms with E-state index in [0.717, 1.165) is 11.8 Å². The monoisotopic (exact) mass is 168 g/mol. The molecule has 0 aromatic carbocycles. The van der Waals surface area contributed by atoms with Crippen LogP contribution in [0.5, 0.6) is 0 Å². The molecular formula is C12H24. The topological polar surface area (TPSA) is 0 Å². The van der Waals surface area contributed by atoms with Gasteiger partial charge >= 0.3 is 0 Å². The van der Waals surface area contributed by atoms with Crippen molar-refractivity contribution in [2.75, 3.05) is 0 Å². The first-order valence-corrected chi connectivity index (χ1v) is 5.32. The minimum absolute atomic E-state index is 0.617. The molecule has 0 heteroatoms. The van der Waals surface area contributed by atoms with Gasteiger partial charge in [0.2, 0.25) is 0 Å². The van der Waals surface area contributed by atoms with Crippen LogP contribution in [0, 0.1) is 22.7 Å². The van der Waals surface area contributed by atoms with E-state index in [2.05, 4.69) is 41.5 Å². The van der Waals surface area contributed by atoms with Crippen molar-refractivity contribution in [3.8, 4) is 0 Å². The predicted molar refractivity (Wildman–Crippen MR) is 55.1 cm³/mol. The maximum absolute atomic E-state index is 2.43. The lowest BCUT2D eigenvalue weighted by Crippen LogP contribution is -2.18. The summed E-state index contributed by atoms with van der Waals surface area (Å²) in [6.07, 6.45) is 2.85. The highest BCUT2D eigenvalue weighted by molar-refractivity contribution is 5.10. The molecule has 12 heavy (non-hydrogen) atoms. The second-order valence-corrected chi connectivity index (χ2v) is 5.97. The lowest BCUT2D eigenvalue weighted by molar-refractivity contribution is 0.229. The van der Waals surface area contributed by atoms with Crippen LogP contribution in [0.25, 0.3) is 0 Å². The van der Waals surface area contributed by atoms with Gasteiger partial charge in [-0.25, -0.2) is 0 Å². The molecule has 1 saturated carbocycles. The Kier molecular flexibility index (Phi) is 2.31. The van der Waals surface area contributed by atoms with Gasteiger partial charge in [0.05, 0.1) is 0 Å². The van der Waals surface area contributed by atoms with Gasteiger partial charge in [-0.2, -0.15) is 0 Å². The minimum atomic E-state index is 0.617. The zero-order chi connectivity index (χ0) is 9.57. The number of hydrogen-bond donors (Lipinski definition) is 0. The first-order chi connectivity index (χ1) is 5.32. The molecule has 0 aromatic rings. The minimum Gasteiger partial charge on any atom is -0.0628 e. The molecular weight excluding hydrogens is 144 g/mol. The fourth-order valence-electron chi connectivity index (χ4n) is 3.04. The van der Waals surface area contributed by atoms with E-state index in [1.807, 2.05) is 0 Å². The summed E-state index contributed by atoms with van der Waals surface area (Å²) in [4.78, 5) is 0. The summed E-state index contributed by atoms with van der Waals surface area (Å²) in [5, 5.41) is 0. The summed E-state index contributed by atoms with van der Waals surface area (Å²) >= 11 is 0. The zero-order valence-corrected chi connectivity index (χ0v) is 9.57. The fraction of sp³-hybridized carbons (Fsp3) is 1.00. The molecule has 1 atom stereocenters. The quantitative estimate of drug-likeness (QED) is 0.595. The Morgan fingerprint density at radius 2 is 1.50 bits per heavy atom. The average Bonchev–Trinajstić information content (AvgIpc) is 2.33. The molecule has 72 valence electrons. The van der Waals surface area contributed by atoms with Crippen molar-refractivity contribution in [1.29, 1.82) is 0 Å². The zero-order valence-electron chi connectivity index (χ0n) is 9.57. The molecule has 0 bridgehead atoms. The van der Waals surface area contributed by atoms with Gasteiger partial charge in [-0.1, -0.05) is 41.5 Å². The molecule has 1 unspecified atom stereocenters. The van der Waals surface area contributed by atoms with E-state index < -0.39 is 0 Å². The third-order valence-electron chi connectivity index (χ3n) is 3.86. The Morgan fingerprint density at radius 1 is 1.08 bits per heavy atom. The Morgan fingerprint density at radius 3 is 1.58 bits per heavy atom. The standard InChI is InChI=1S/C12H24/c1-9(2)7-12(10(3)4)8-11(12,5)6/h9-10H,7-8H2,1-6H3. The highest BCUT2D eigenvalue weighted by atomic mass is 14.7. The number of hydrogen-bond acceptors (Lipinski definition) is 0. The Balaban J connectivity index is 2.66. The van der Waals surface area contributed by atoms with Crippen LogP contribution in [-0.4, -0.2) is 0 Å². The molecule has 0 nitrogen and oxygen atoms in total. The second-order valence-electron chi connectivity index (χ2n) is 5.97. The van der Waals surface area contributed by atoms with Gasteiger partial charge in [-0.05, 0) is 35.5 Å². The Labute approximate surface area is 77.7 Å². The van der Waals surface area contributed by atoms with E-state index in [9.17, 15) is 0 Å². The van der Waals surface area contributed by atoms with Gasteiger partial charge in [0.15, 0.2) is 0 Å². The second kappa shape index (κ2) is 2.75. The third kappa shape index (κ3) is 1.41. The van der Waals surface area contributed by atoms with Crippen LogP contribution in [0.15, 0.2) is 0 Å². The molecule has 1 aliphatic rings. The molecule has 0 aliphatic heterocycles. The molecule has 0 N–H and O–H groups in total. The predicted octanol–water partition coefficient (Wildman–Crippen LogP) is 4.10. The third-order valence-corrected chi connectivity index (χ3v) is 3.86. The Bertz CT molecular complexity index is 165. The molecule has 1 aliphatic carbocycles. The van der Waals surface area contributed by atoms with Gasteiger partial charge in [0.25, 0.3) is 0 Å². The molecule has 0 aromatic heterocycles. The van der Waals surface area contributed by atoms with Crippen LogP contribution >= 0.6 is 0 Å². The molecule has 0 radical (unpaired) electrons. The SMILES string of the molecule is CC(C)CC1(C(C)C)CC1(C)C. The van der Waals surface area contributed by atoms with Crippen molar-refractivity contribution >= 4 is 0 Å². The summed E-state index contributed by atoms with van der Waals surface area (Å²) in [7, 11) is 0. The van der Waals surface area contributed by atoms with Crippen LogP contribution in [-0.2, 0) is 0 Å². The summed E-state index contributed by atoms with van der Waals surface area (Å²) in [5.41, 5.74) is 1.28. The highest BCUT2D eigenvalue weighted by Crippen LogP contribution is 2.70. The van der Waals surface area contributed by atoms with E-state index in [0.29, 0.717) is 10.8 Å². The van der Waals surface area contributed by atoms with Gasteiger partial charge in [0.1, 0.15) is 0 Å². The molecule has 0 heterocycles. The van der Waals surface area contributed by atoms with Crippen molar-refractivity contribution in [2.24, 2.45) is 22.7 Å². The van der Waals surface area contributed by atoms with Crippen molar-refractivity contribution in [3.63, 3.8) is 0 Å². The van der Waals surface area contributed by atoms with E-state index in [4.69, 9.17) is 0 Å². The molecule has 1 fully saturated rings. The molecule has 0 spiro atoms. The largest absolute Gasteiger partial charge is 0.0628 e. The summed E-state index contributed by atoms with van der Waals surface area (Å²) in [5.74, 6) is 1.71. The maximum Gasteiger partial charge on any atom is -0.0215 e. The van der Waals surface area contributed by atoms with Crippen molar-refractivity contribution in [2.45, 2.75) is 54.4 Å². The van der Waals surface area contributed by atoms with Crippen LogP contribution < -0.4 is 0 Å². The van der Waals surface area contributed by atoms with Crippen molar-refractivity contribution in [1.82, 2.24) is 0 Å². The van der Waals surface area contributed by atoms with Crippen LogP contribution in [0.1, 0.15) is 54.4 Å². The van der Waals surface area contributed by atoms with Gasteiger partial charge in [-0.15, -0.1) is 0 Å². The van der Waals surface area contributed by atoms with E-state index in [1.54, 1.807) is 0 Å². The lowest BCUT2D eigenvalue weighted by atomic mass is 9.79. The van der Waals surface area contributed by atoms with E-state index in [1.165, 1.54) is 12.8 Å². The maximum atomic E-state index is 2.43. The fourth-order valence-corrected chi connectivity index (χ4v) is 3.04. The molecule has 0 saturated heterocycles. The first-order valence-electron chi connectivity index (χ1n) is 5.32. The van der Waals surface area contributed by atoms with Gasteiger partial charge in [-0.3, -0.25) is 0 Å². The van der Waals surface area contributed by atoms with Crippen LogP contribution in [0.4, 0.5) is 0 Å². The van der Waals surface area contributed by atoms with Crippen molar-refractivity contribution in [3.05, 3.63) is 0 Å². The van der Waals surface area contributed by atoms with Crippen LogP contribution in [0.2, 0.25) is 0 Å². The molecule has 1 rings (SSSR count). The average molecular weight is 168 g/mol. The van der Waals surface area contributed by atoms with E-state index in [-0.39, 0.29) is 0 Å². The van der Waals surface area contributed by atoms with Gasteiger partial charge in [0, 0.05) is 0 Å². The highest BCUT2D eigenvalue weighted by Gasteiger charge is 2.61. The lowest BCUT2D eigenvalue weighted by Gasteiger charge is -2.26. The molecule has 0 amide bonds.